The van der Waals surface area contributed by atoms with Crippen LogP contribution in [-0.4, -0.2) is 42.0 Å². The largest absolute Gasteiger partial charge is 0.312 e. The van der Waals surface area contributed by atoms with Crippen LogP contribution in [0.5, 0.6) is 0 Å². The van der Waals surface area contributed by atoms with Gasteiger partial charge in [0.1, 0.15) is 0 Å². The molecule has 0 aromatic heterocycles. The number of nitrogens with one attached hydrogen (secondary N) is 1. The minimum absolute atomic E-state index is 0. The molecule has 2 rings (SSSR count). The van der Waals surface area contributed by atoms with Crippen molar-refractivity contribution in [3.8, 4) is 0 Å². The van der Waals surface area contributed by atoms with Gasteiger partial charge in [-0.05, 0) is 18.9 Å². The number of nitrogens with zero attached hydrogens (tertiary/aromatic N) is 2. The Bertz CT molecular complexity index is 415. The third kappa shape index (κ3) is 5.63. The second-order valence-corrected chi connectivity index (χ2v) is 4.83. The van der Waals surface area contributed by atoms with E-state index < -0.39 is 0 Å². The Kier molecular flexibility index (Phi) is 8.73. The normalized spacial score (nSPS) is 18.8. The lowest BCUT2D eigenvalue weighted by atomic mass is 10.1. The first kappa shape index (κ1) is 19.1. The summed E-state index contributed by atoms with van der Waals surface area (Å²) in [5.74, 6) is 0. The van der Waals surface area contributed by atoms with Crippen LogP contribution in [0.15, 0.2) is 24.3 Å². The molecule has 1 heterocycles. The molecular formula is C13H21Cl2N3O2. The van der Waals surface area contributed by atoms with Crippen LogP contribution in [0.2, 0.25) is 0 Å². The first-order valence-electron chi connectivity index (χ1n) is 6.34. The van der Waals surface area contributed by atoms with E-state index in [4.69, 9.17) is 0 Å². The highest BCUT2D eigenvalue weighted by atomic mass is 35.5. The van der Waals surface area contributed by atoms with Crippen LogP contribution in [0.3, 0.4) is 0 Å². The zero-order chi connectivity index (χ0) is 13.0. The molecule has 1 fully saturated rings. The number of halogens is 2. The van der Waals surface area contributed by atoms with Gasteiger partial charge in [0.2, 0.25) is 0 Å². The minimum Gasteiger partial charge on any atom is -0.312 e. The Balaban J connectivity index is 0.00000180. The molecule has 0 saturated carbocycles. The average Bonchev–Trinajstić information content (AvgIpc) is 2.37. The van der Waals surface area contributed by atoms with Crippen molar-refractivity contribution in [3.63, 3.8) is 0 Å². The highest BCUT2D eigenvalue weighted by molar-refractivity contribution is 5.85. The van der Waals surface area contributed by atoms with Crippen molar-refractivity contribution in [3.05, 3.63) is 39.9 Å². The molecule has 20 heavy (non-hydrogen) atoms. The van der Waals surface area contributed by atoms with E-state index in [0.717, 1.165) is 38.2 Å². The Morgan fingerprint density at radius 3 is 2.55 bits per heavy atom. The quantitative estimate of drug-likeness (QED) is 0.682. The van der Waals surface area contributed by atoms with Crippen LogP contribution in [0.4, 0.5) is 5.69 Å². The van der Waals surface area contributed by atoms with Gasteiger partial charge in [-0.2, -0.15) is 0 Å². The maximum Gasteiger partial charge on any atom is 0.269 e. The number of hydrogen-bond donors (Lipinski definition) is 1. The molecule has 1 atom stereocenters. The highest BCUT2D eigenvalue weighted by Crippen LogP contribution is 2.12. The molecule has 1 saturated heterocycles. The van der Waals surface area contributed by atoms with E-state index in [1.54, 1.807) is 12.1 Å². The van der Waals surface area contributed by atoms with E-state index in [2.05, 4.69) is 17.1 Å². The second kappa shape index (κ2) is 9.13. The molecule has 1 aliphatic rings. The third-order valence-corrected chi connectivity index (χ3v) is 3.32. The van der Waals surface area contributed by atoms with Gasteiger partial charge in [0.05, 0.1) is 4.92 Å². The maximum absolute atomic E-state index is 10.5. The average molecular weight is 322 g/mol. The molecule has 0 aliphatic carbocycles. The summed E-state index contributed by atoms with van der Waals surface area (Å²) in [6, 6.07) is 7.41. The van der Waals surface area contributed by atoms with Crippen LogP contribution in [-0.2, 0) is 6.42 Å². The summed E-state index contributed by atoms with van der Waals surface area (Å²) in [7, 11) is 0. The molecule has 114 valence electrons. The smallest absolute Gasteiger partial charge is 0.269 e. The van der Waals surface area contributed by atoms with E-state index in [-0.39, 0.29) is 35.4 Å². The molecule has 1 aromatic carbocycles. The summed E-state index contributed by atoms with van der Waals surface area (Å²) in [6.45, 7) is 6.41. The number of nitro benzene ring substituents is 1. The van der Waals surface area contributed by atoms with Gasteiger partial charge in [-0.15, -0.1) is 24.8 Å². The Labute approximate surface area is 131 Å². The number of nitro groups is 1. The lowest BCUT2D eigenvalue weighted by Gasteiger charge is -2.31. The fourth-order valence-electron chi connectivity index (χ4n) is 2.29. The molecule has 0 spiro atoms. The molecule has 7 heteroatoms. The molecular weight excluding hydrogens is 301 g/mol. The van der Waals surface area contributed by atoms with Crippen LogP contribution in [0, 0.1) is 10.1 Å². The van der Waals surface area contributed by atoms with Crippen molar-refractivity contribution < 1.29 is 4.92 Å². The van der Waals surface area contributed by atoms with Crippen molar-refractivity contribution in [1.29, 1.82) is 0 Å². The van der Waals surface area contributed by atoms with E-state index in [0.29, 0.717) is 6.04 Å². The molecule has 0 amide bonds. The Hall–Kier alpha value is -0.880. The van der Waals surface area contributed by atoms with E-state index >= 15 is 0 Å². The standard InChI is InChI=1S/C13H19N3O2.2ClH/c1-11-10-15(9-7-14-11)8-6-12-2-4-13(5-3-12)16(17)18;;/h2-5,11,14H,6-10H2,1H3;2*1H. The van der Waals surface area contributed by atoms with Crippen LogP contribution < -0.4 is 5.32 Å². The first-order valence-corrected chi connectivity index (χ1v) is 6.34. The molecule has 0 radical (unpaired) electrons. The predicted octanol–water partition coefficient (Wildman–Crippen LogP) is 2.27. The van der Waals surface area contributed by atoms with Crippen LogP contribution in [0.25, 0.3) is 0 Å². The van der Waals surface area contributed by atoms with Crippen molar-refractivity contribution in [2.45, 2.75) is 19.4 Å². The number of hydrogen-bond acceptors (Lipinski definition) is 4. The fourth-order valence-corrected chi connectivity index (χ4v) is 2.29. The van der Waals surface area contributed by atoms with E-state index in [1.165, 1.54) is 0 Å². The third-order valence-electron chi connectivity index (χ3n) is 3.32. The summed E-state index contributed by atoms with van der Waals surface area (Å²) in [5.41, 5.74) is 1.32. The van der Waals surface area contributed by atoms with E-state index in [9.17, 15) is 10.1 Å². The van der Waals surface area contributed by atoms with Gasteiger partial charge < -0.3 is 10.2 Å². The van der Waals surface area contributed by atoms with Gasteiger partial charge in [0.15, 0.2) is 0 Å². The molecule has 1 aromatic rings. The summed E-state index contributed by atoms with van der Waals surface area (Å²) in [6.07, 6.45) is 0.949. The SMILES string of the molecule is CC1CN(CCc2ccc([N+](=O)[O-])cc2)CCN1.Cl.Cl. The molecule has 5 nitrogen and oxygen atoms in total. The van der Waals surface area contributed by atoms with Crippen molar-refractivity contribution in [2.24, 2.45) is 0 Å². The number of non-ortho nitro benzene ring substituents is 1. The van der Waals surface area contributed by atoms with Gasteiger partial charge in [0, 0.05) is 44.4 Å². The summed E-state index contributed by atoms with van der Waals surface area (Å²) in [4.78, 5) is 12.6. The van der Waals surface area contributed by atoms with Gasteiger partial charge in [-0.25, -0.2) is 0 Å². The summed E-state index contributed by atoms with van der Waals surface area (Å²) >= 11 is 0. The van der Waals surface area contributed by atoms with Crippen LogP contribution >= 0.6 is 24.8 Å². The van der Waals surface area contributed by atoms with Gasteiger partial charge in [0.25, 0.3) is 5.69 Å². The maximum atomic E-state index is 10.5. The molecule has 1 unspecified atom stereocenters. The van der Waals surface area contributed by atoms with Crippen molar-refractivity contribution in [1.82, 2.24) is 10.2 Å². The molecule has 0 bridgehead atoms. The Morgan fingerprint density at radius 2 is 2.00 bits per heavy atom. The highest BCUT2D eigenvalue weighted by Gasteiger charge is 2.14. The lowest BCUT2D eigenvalue weighted by Crippen LogP contribution is -2.49. The number of piperazine rings is 1. The second-order valence-electron chi connectivity index (χ2n) is 4.83. The van der Waals surface area contributed by atoms with Crippen LogP contribution in [0.1, 0.15) is 12.5 Å². The first-order chi connectivity index (χ1) is 8.65. The van der Waals surface area contributed by atoms with Crippen molar-refractivity contribution in [2.75, 3.05) is 26.2 Å². The monoisotopic (exact) mass is 321 g/mol. The fraction of sp³-hybridized carbons (Fsp3) is 0.538. The lowest BCUT2D eigenvalue weighted by molar-refractivity contribution is -0.384. The topological polar surface area (TPSA) is 58.4 Å². The van der Waals surface area contributed by atoms with Crippen molar-refractivity contribution >= 4 is 30.5 Å². The van der Waals surface area contributed by atoms with E-state index in [1.807, 2.05) is 12.1 Å². The zero-order valence-electron chi connectivity index (χ0n) is 11.4. The summed E-state index contributed by atoms with van der Waals surface area (Å²) < 4.78 is 0. The molecule has 1 aliphatic heterocycles. The number of benzene rings is 1. The van der Waals surface area contributed by atoms with Gasteiger partial charge in [-0.1, -0.05) is 12.1 Å². The van der Waals surface area contributed by atoms with Gasteiger partial charge in [-0.3, -0.25) is 10.1 Å². The zero-order valence-corrected chi connectivity index (χ0v) is 13.1. The summed E-state index contributed by atoms with van der Waals surface area (Å²) in [5, 5.41) is 14.0. The van der Waals surface area contributed by atoms with Gasteiger partial charge >= 0.3 is 0 Å². The predicted molar refractivity (Wildman–Crippen MR) is 85.2 cm³/mol. The molecule has 1 N–H and O–H groups in total. The Morgan fingerprint density at radius 1 is 1.35 bits per heavy atom. The number of rotatable bonds is 4. The minimum atomic E-state index is -0.359.